The van der Waals surface area contributed by atoms with Gasteiger partial charge >= 0.3 is 0 Å². The average molecular weight is 353 g/mol. The molecule has 0 aromatic heterocycles. The summed E-state index contributed by atoms with van der Waals surface area (Å²) in [6, 6.07) is 13.1. The zero-order valence-corrected chi connectivity index (χ0v) is 15.1. The minimum atomic E-state index is -0.0550. The molecule has 0 unspecified atom stereocenters. The summed E-state index contributed by atoms with van der Waals surface area (Å²) in [5.74, 6) is 1.26. The van der Waals surface area contributed by atoms with E-state index in [4.69, 9.17) is 15.2 Å². The zero-order chi connectivity index (χ0) is 18.5. The van der Waals surface area contributed by atoms with Gasteiger partial charge in [-0.2, -0.15) is 5.10 Å². The van der Waals surface area contributed by atoms with E-state index in [0.717, 1.165) is 29.7 Å². The van der Waals surface area contributed by atoms with Gasteiger partial charge in [-0.05, 0) is 42.7 Å². The van der Waals surface area contributed by atoms with Crippen LogP contribution in [0.2, 0.25) is 0 Å². The number of hydrogen-bond acceptors (Lipinski definition) is 5. The number of ether oxygens (including phenoxy) is 2. The topological polar surface area (TPSA) is 77.2 Å². The molecule has 136 valence electrons. The Labute approximate surface area is 153 Å². The lowest BCUT2D eigenvalue weighted by Gasteiger charge is -2.24. The van der Waals surface area contributed by atoms with Crippen LogP contribution in [0.25, 0.3) is 0 Å². The fourth-order valence-corrected chi connectivity index (χ4v) is 2.99. The van der Waals surface area contributed by atoms with E-state index < -0.39 is 0 Å². The molecule has 6 nitrogen and oxygen atoms in total. The van der Waals surface area contributed by atoms with Gasteiger partial charge in [-0.1, -0.05) is 18.2 Å². The van der Waals surface area contributed by atoms with Crippen LogP contribution < -0.4 is 15.2 Å². The first-order valence-corrected chi connectivity index (χ1v) is 8.56. The average Bonchev–Trinajstić information content (AvgIpc) is 2.69. The van der Waals surface area contributed by atoms with Crippen molar-refractivity contribution in [3.63, 3.8) is 0 Å². The molecule has 2 aromatic rings. The molecule has 0 radical (unpaired) electrons. The normalized spacial score (nSPS) is 13.9. The Bertz CT molecular complexity index is 833. The monoisotopic (exact) mass is 353 g/mol. The van der Waals surface area contributed by atoms with Crippen molar-refractivity contribution in [2.24, 2.45) is 5.10 Å². The SMILES string of the molecule is COc1ccc(C2=NN(C(=O)Cc3ccccc3N)CCC2)cc1OC. The molecule has 0 fully saturated rings. The Hall–Kier alpha value is -3.02. The van der Waals surface area contributed by atoms with Crippen molar-refractivity contribution in [2.75, 3.05) is 26.5 Å². The van der Waals surface area contributed by atoms with Gasteiger partial charge in [0.05, 0.1) is 26.4 Å². The lowest BCUT2D eigenvalue weighted by atomic mass is 10.0. The van der Waals surface area contributed by atoms with Crippen molar-refractivity contribution in [3.8, 4) is 11.5 Å². The number of nitrogen functional groups attached to an aromatic ring is 1. The highest BCUT2D eigenvalue weighted by Gasteiger charge is 2.21. The largest absolute Gasteiger partial charge is 0.493 e. The summed E-state index contributed by atoms with van der Waals surface area (Å²) in [6.45, 7) is 0.613. The Morgan fingerprint density at radius 2 is 1.92 bits per heavy atom. The number of nitrogens with zero attached hydrogens (tertiary/aromatic N) is 2. The summed E-state index contributed by atoms with van der Waals surface area (Å²) < 4.78 is 10.6. The number of hydrogen-bond donors (Lipinski definition) is 1. The van der Waals surface area contributed by atoms with Crippen molar-refractivity contribution in [1.29, 1.82) is 0 Å². The molecule has 0 bridgehead atoms. The summed E-state index contributed by atoms with van der Waals surface area (Å²) in [5, 5.41) is 6.12. The Morgan fingerprint density at radius 1 is 1.15 bits per heavy atom. The van der Waals surface area contributed by atoms with Gasteiger partial charge in [0.25, 0.3) is 0 Å². The van der Waals surface area contributed by atoms with Gasteiger partial charge in [0.2, 0.25) is 5.91 Å². The van der Waals surface area contributed by atoms with Gasteiger partial charge in [0, 0.05) is 17.8 Å². The van der Waals surface area contributed by atoms with Crippen molar-refractivity contribution >= 4 is 17.3 Å². The van der Waals surface area contributed by atoms with Crippen molar-refractivity contribution in [2.45, 2.75) is 19.3 Å². The molecule has 26 heavy (non-hydrogen) atoms. The highest BCUT2D eigenvalue weighted by Crippen LogP contribution is 2.29. The van der Waals surface area contributed by atoms with Crippen LogP contribution in [-0.4, -0.2) is 37.4 Å². The molecule has 6 heteroatoms. The van der Waals surface area contributed by atoms with E-state index >= 15 is 0 Å². The van der Waals surface area contributed by atoms with Gasteiger partial charge in [-0.25, -0.2) is 5.01 Å². The van der Waals surface area contributed by atoms with Crippen molar-refractivity contribution in [3.05, 3.63) is 53.6 Å². The lowest BCUT2D eigenvalue weighted by Crippen LogP contribution is -2.33. The number of benzene rings is 2. The highest BCUT2D eigenvalue weighted by atomic mass is 16.5. The Balaban J connectivity index is 1.81. The number of nitrogens with two attached hydrogens (primary N) is 1. The molecule has 2 N–H and O–H groups in total. The van der Waals surface area contributed by atoms with E-state index in [1.165, 1.54) is 0 Å². The van der Waals surface area contributed by atoms with E-state index in [1.54, 1.807) is 25.3 Å². The summed E-state index contributed by atoms with van der Waals surface area (Å²) in [4.78, 5) is 12.6. The first-order valence-electron chi connectivity index (χ1n) is 8.56. The summed E-state index contributed by atoms with van der Waals surface area (Å²) >= 11 is 0. The van der Waals surface area contributed by atoms with Crippen LogP contribution in [0.1, 0.15) is 24.0 Å². The maximum atomic E-state index is 12.6. The van der Waals surface area contributed by atoms with Gasteiger partial charge < -0.3 is 15.2 Å². The van der Waals surface area contributed by atoms with Crippen LogP contribution in [0.3, 0.4) is 0 Å². The molecule has 0 aliphatic carbocycles. The van der Waals surface area contributed by atoms with Gasteiger partial charge in [0.15, 0.2) is 11.5 Å². The predicted octanol–water partition coefficient (Wildman–Crippen LogP) is 2.86. The fourth-order valence-electron chi connectivity index (χ4n) is 2.99. The van der Waals surface area contributed by atoms with E-state index in [-0.39, 0.29) is 12.3 Å². The lowest BCUT2D eigenvalue weighted by molar-refractivity contribution is -0.130. The molecule has 2 aromatic carbocycles. The number of rotatable bonds is 5. The molecular formula is C20H23N3O3. The summed E-state index contributed by atoms with van der Waals surface area (Å²) in [5.41, 5.74) is 9.19. The second kappa shape index (κ2) is 7.91. The number of carbonyl (C=O) groups is 1. The van der Waals surface area contributed by atoms with Gasteiger partial charge in [0.1, 0.15) is 0 Å². The third-order valence-corrected chi connectivity index (χ3v) is 4.43. The first-order chi connectivity index (χ1) is 12.6. The molecule has 3 rings (SSSR count). The minimum absolute atomic E-state index is 0.0550. The van der Waals surface area contributed by atoms with Crippen LogP contribution in [0.5, 0.6) is 11.5 Å². The third-order valence-electron chi connectivity index (χ3n) is 4.43. The molecular weight excluding hydrogens is 330 g/mol. The van der Waals surface area contributed by atoms with E-state index in [1.807, 2.05) is 36.4 Å². The predicted molar refractivity (Wildman–Crippen MR) is 102 cm³/mol. The summed E-state index contributed by atoms with van der Waals surface area (Å²) in [7, 11) is 3.20. The Morgan fingerprint density at radius 3 is 2.65 bits per heavy atom. The van der Waals surface area contributed by atoms with Crippen molar-refractivity contribution < 1.29 is 14.3 Å². The molecule has 0 saturated carbocycles. The Kier molecular flexibility index (Phi) is 5.41. The quantitative estimate of drug-likeness (QED) is 0.839. The molecule has 1 heterocycles. The maximum absolute atomic E-state index is 12.6. The number of methoxy groups -OCH3 is 2. The number of carbonyl (C=O) groups excluding carboxylic acids is 1. The molecule has 1 aliphatic heterocycles. The van der Waals surface area contributed by atoms with Crippen LogP contribution in [0, 0.1) is 0 Å². The molecule has 0 atom stereocenters. The number of anilines is 1. The zero-order valence-electron chi connectivity index (χ0n) is 15.1. The second-order valence-corrected chi connectivity index (χ2v) is 6.11. The van der Waals surface area contributed by atoms with Gasteiger partial charge in [-0.3, -0.25) is 4.79 Å². The summed E-state index contributed by atoms with van der Waals surface area (Å²) in [6.07, 6.45) is 1.92. The molecule has 1 amide bonds. The fraction of sp³-hybridized carbons (Fsp3) is 0.300. The van der Waals surface area contributed by atoms with Crippen LogP contribution in [0.4, 0.5) is 5.69 Å². The number of amides is 1. The second-order valence-electron chi connectivity index (χ2n) is 6.11. The van der Waals surface area contributed by atoms with Crippen LogP contribution in [-0.2, 0) is 11.2 Å². The van der Waals surface area contributed by atoms with Crippen molar-refractivity contribution in [1.82, 2.24) is 5.01 Å². The van der Waals surface area contributed by atoms with Crippen LogP contribution >= 0.6 is 0 Å². The number of para-hydroxylation sites is 1. The molecule has 0 saturated heterocycles. The number of hydrazone groups is 1. The standard InChI is InChI=1S/C20H23N3O3/c1-25-18-10-9-15(12-19(18)26-2)17-8-5-11-23(22-17)20(24)13-14-6-3-4-7-16(14)21/h3-4,6-7,9-10,12H,5,8,11,13,21H2,1-2H3. The molecule has 0 spiro atoms. The van der Waals surface area contributed by atoms with Crippen LogP contribution in [0.15, 0.2) is 47.6 Å². The minimum Gasteiger partial charge on any atom is -0.493 e. The highest BCUT2D eigenvalue weighted by molar-refractivity contribution is 6.02. The maximum Gasteiger partial charge on any atom is 0.247 e. The third kappa shape index (κ3) is 3.79. The van der Waals surface area contributed by atoms with E-state index in [2.05, 4.69) is 5.10 Å². The molecule has 1 aliphatic rings. The van der Waals surface area contributed by atoms with E-state index in [9.17, 15) is 4.79 Å². The smallest absolute Gasteiger partial charge is 0.247 e. The van der Waals surface area contributed by atoms with Gasteiger partial charge in [-0.15, -0.1) is 0 Å². The van der Waals surface area contributed by atoms with E-state index in [0.29, 0.717) is 23.7 Å². The first kappa shape index (κ1) is 17.8.